The molecular formula is C19H22O5. The van der Waals surface area contributed by atoms with Gasteiger partial charge in [-0.2, -0.15) is 0 Å². The van der Waals surface area contributed by atoms with Gasteiger partial charge in [-0.25, -0.2) is 0 Å². The van der Waals surface area contributed by atoms with Gasteiger partial charge in [0.2, 0.25) is 0 Å². The second-order valence-corrected chi connectivity index (χ2v) is 5.15. The van der Waals surface area contributed by atoms with Crippen molar-refractivity contribution >= 4 is 5.97 Å². The summed E-state index contributed by atoms with van der Waals surface area (Å²) < 4.78 is 16.3. The first-order valence-electron chi connectivity index (χ1n) is 7.87. The fraction of sp³-hybridized carbons (Fsp3) is 0.316. The summed E-state index contributed by atoms with van der Waals surface area (Å²) in [5.74, 6) is 1.43. The van der Waals surface area contributed by atoms with Crippen molar-refractivity contribution in [2.75, 3.05) is 20.3 Å². The number of hydrogen-bond donors (Lipinski definition) is 1. The monoisotopic (exact) mass is 330 g/mol. The van der Waals surface area contributed by atoms with Crippen molar-refractivity contribution in [1.29, 1.82) is 0 Å². The van der Waals surface area contributed by atoms with Gasteiger partial charge >= 0.3 is 5.97 Å². The van der Waals surface area contributed by atoms with Gasteiger partial charge in [-0.05, 0) is 37.1 Å². The molecule has 0 aliphatic carbocycles. The summed E-state index contributed by atoms with van der Waals surface area (Å²) in [4.78, 5) is 11.5. The fourth-order valence-electron chi connectivity index (χ4n) is 2.29. The van der Waals surface area contributed by atoms with E-state index in [9.17, 15) is 4.79 Å². The quantitative estimate of drug-likeness (QED) is 0.753. The van der Waals surface area contributed by atoms with E-state index < -0.39 is 0 Å². The number of hydrogen-bond acceptors (Lipinski definition) is 5. The van der Waals surface area contributed by atoms with E-state index in [1.54, 1.807) is 6.07 Å². The minimum atomic E-state index is -0.325. The highest BCUT2D eigenvalue weighted by Crippen LogP contribution is 2.34. The zero-order valence-electron chi connectivity index (χ0n) is 14.0. The van der Waals surface area contributed by atoms with E-state index in [0.29, 0.717) is 30.3 Å². The average molecular weight is 330 g/mol. The minimum Gasteiger partial charge on any atom is -0.490 e. The number of benzene rings is 2. The van der Waals surface area contributed by atoms with Crippen molar-refractivity contribution in [3.8, 4) is 17.2 Å². The van der Waals surface area contributed by atoms with Crippen molar-refractivity contribution in [2.45, 2.75) is 19.8 Å². The molecule has 0 atom stereocenters. The van der Waals surface area contributed by atoms with Crippen LogP contribution in [0.25, 0.3) is 0 Å². The number of aliphatic hydroxyl groups excluding tert-OH is 1. The van der Waals surface area contributed by atoms with Crippen LogP contribution in [0.5, 0.6) is 17.2 Å². The lowest BCUT2D eigenvalue weighted by Crippen LogP contribution is -2.06. The molecule has 128 valence electrons. The maximum atomic E-state index is 11.5. The fourth-order valence-corrected chi connectivity index (χ4v) is 2.29. The first-order chi connectivity index (χ1) is 11.7. The number of carbonyl (C=O) groups excluding carboxylic acids is 1. The molecule has 0 fully saturated rings. The van der Waals surface area contributed by atoms with Crippen LogP contribution in [0.2, 0.25) is 0 Å². The van der Waals surface area contributed by atoms with Gasteiger partial charge in [-0.1, -0.05) is 24.3 Å². The van der Waals surface area contributed by atoms with Crippen molar-refractivity contribution in [2.24, 2.45) is 0 Å². The topological polar surface area (TPSA) is 65.0 Å². The van der Waals surface area contributed by atoms with E-state index >= 15 is 0 Å². The Bertz CT molecular complexity index is 681. The molecule has 0 heterocycles. The van der Waals surface area contributed by atoms with Crippen molar-refractivity contribution in [3.05, 3.63) is 53.6 Å². The average Bonchev–Trinajstić information content (AvgIpc) is 2.59. The molecule has 24 heavy (non-hydrogen) atoms. The maximum Gasteiger partial charge on any atom is 0.310 e. The first kappa shape index (κ1) is 17.8. The van der Waals surface area contributed by atoms with Gasteiger partial charge in [0.25, 0.3) is 0 Å². The standard InChI is InChI=1S/C19H22O5/c1-3-23-18-12-14(10-11-20)8-9-17(18)24-16-7-5-4-6-15(16)13-19(21)22-2/h4-9,12,20H,3,10-11,13H2,1-2H3. The molecular weight excluding hydrogens is 308 g/mol. The maximum absolute atomic E-state index is 11.5. The molecule has 0 aliphatic rings. The van der Waals surface area contributed by atoms with Gasteiger partial charge in [0.05, 0.1) is 20.1 Å². The summed E-state index contributed by atoms with van der Waals surface area (Å²) >= 11 is 0. The van der Waals surface area contributed by atoms with Crippen LogP contribution in [0.1, 0.15) is 18.1 Å². The van der Waals surface area contributed by atoms with Crippen LogP contribution < -0.4 is 9.47 Å². The van der Waals surface area contributed by atoms with Gasteiger partial charge in [0.15, 0.2) is 11.5 Å². The molecule has 2 aromatic carbocycles. The zero-order valence-corrected chi connectivity index (χ0v) is 14.0. The van der Waals surface area contributed by atoms with Crippen LogP contribution in [0, 0.1) is 0 Å². The van der Waals surface area contributed by atoms with Crippen LogP contribution in [0.15, 0.2) is 42.5 Å². The van der Waals surface area contributed by atoms with Crippen LogP contribution >= 0.6 is 0 Å². The number of aliphatic hydroxyl groups is 1. The third kappa shape index (κ3) is 4.73. The lowest BCUT2D eigenvalue weighted by Gasteiger charge is -2.15. The van der Waals surface area contributed by atoms with E-state index in [0.717, 1.165) is 11.1 Å². The van der Waals surface area contributed by atoms with Crippen LogP contribution in [0.3, 0.4) is 0 Å². The summed E-state index contributed by atoms with van der Waals surface area (Å²) in [7, 11) is 1.36. The highest BCUT2D eigenvalue weighted by atomic mass is 16.5. The summed E-state index contributed by atoms with van der Waals surface area (Å²) in [6.07, 6.45) is 0.693. The molecule has 0 bridgehead atoms. The van der Waals surface area contributed by atoms with E-state index in [1.165, 1.54) is 7.11 Å². The number of methoxy groups -OCH3 is 1. The molecule has 2 rings (SSSR count). The second-order valence-electron chi connectivity index (χ2n) is 5.15. The van der Waals surface area contributed by atoms with Gasteiger partial charge in [0.1, 0.15) is 5.75 Å². The lowest BCUT2D eigenvalue weighted by atomic mass is 10.1. The van der Waals surface area contributed by atoms with Crippen LogP contribution in [-0.4, -0.2) is 31.4 Å². The molecule has 0 saturated carbocycles. The Morgan fingerprint density at radius 2 is 1.88 bits per heavy atom. The molecule has 1 N–H and O–H groups in total. The molecule has 0 aliphatic heterocycles. The molecule has 0 aromatic heterocycles. The number of para-hydroxylation sites is 1. The zero-order chi connectivity index (χ0) is 17.4. The number of rotatable bonds is 8. The molecule has 0 radical (unpaired) electrons. The normalized spacial score (nSPS) is 10.3. The van der Waals surface area contributed by atoms with Gasteiger partial charge in [-0.3, -0.25) is 4.79 Å². The van der Waals surface area contributed by atoms with Gasteiger partial charge < -0.3 is 19.3 Å². The largest absolute Gasteiger partial charge is 0.490 e. The number of carbonyl (C=O) groups is 1. The molecule has 5 nitrogen and oxygen atoms in total. The predicted molar refractivity (Wildman–Crippen MR) is 90.6 cm³/mol. The first-order valence-corrected chi connectivity index (χ1v) is 7.87. The predicted octanol–water partition coefficient (Wildman–Crippen LogP) is 3.13. The third-order valence-electron chi connectivity index (χ3n) is 3.46. The van der Waals surface area contributed by atoms with Crippen molar-refractivity contribution < 1.29 is 24.1 Å². The second kappa shape index (κ2) is 8.93. The van der Waals surface area contributed by atoms with Gasteiger partial charge in [0, 0.05) is 12.2 Å². The third-order valence-corrected chi connectivity index (χ3v) is 3.46. The minimum absolute atomic E-state index is 0.0771. The smallest absolute Gasteiger partial charge is 0.310 e. The van der Waals surface area contributed by atoms with Crippen LogP contribution in [0.4, 0.5) is 0 Å². The molecule has 5 heteroatoms. The Balaban J connectivity index is 2.28. The molecule has 0 saturated heterocycles. The van der Waals surface area contributed by atoms with Crippen LogP contribution in [-0.2, 0) is 22.4 Å². The SMILES string of the molecule is CCOc1cc(CCO)ccc1Oc1ccccc1CC(=O)OC. The Hall–Kier alpha value is -2.53. The summed E-state index contributed by atoms with van der Waals surface area (Å²) in [6.45, 7) is 2.48. The van der Waals surface area contributed by atoms with E-state index in [-0.39, 0.29) is 19.0 Å². The Labute approximate surface area is 141 Å². The molecule has 0 amide bonds. The Morgan fingerprint density at radius 3 is 2.58 bits per heavy atom. The number of ether oxygens (including phenoxy) is 3. The van der Waals surface area contributed by atoms with E-state index in [2.05, 4.69) is 0 Å². The summed E-state index contributed by atoms with van der Waals surface area (Å²) in [5.41, 5.74) is 1.71. The molecule has 0 spiro atoms. The highest BCUT2D eigenvalue weighted by molar-refractivity contribution is 5.73. The van der Waals surface area contributed by atoms with E-state index in [1.807, 2.05) is 43.3 Å². The van der Waals surface area contributed by atoms with Crippen molar-refractivity contribution in [1.82, 2.24) is 0 Å². The number of esters is 1. The Morgan fingerprint density at radius 1 is 1.08 bits per heavy atom. The lowest BCUT2D eigenvalue weighted by molar-refractivity contribution is -0.139. The molecule has 2 aromatic rings. The van der Waals surface area contributed by atoms with E-state index in [4.69, 9.17) is 19.3 Å². The summed E-state index contributed by atoms with van der Waals surface area (Å²) in [6, 6.07) is 12.9. The molecule has 0 unspecified atom stereocenters. The Kier molecular flexibility index (Phi) is 6.63. The highest BCUT2D eigenvalue weighted by Gasteiger charge is 2.13. The van der Waals surface area contributed by atoms with Crippen molar-refractivity contribution in [3.63, 3.8) is 0 Å². The summed E-state index contributed by atoms with van der Waals surface area (Å²) in [5, 5.41) is 9.07. The van der Waals surface area contributed by atoms with Gasteiger partial charge in [-0.15, -0.1) is 0 Å².